The molecule has 0 aliphatic rings. The average molecular weight is 276 g/mol. The molecule has 0 aliphatic heterocycles. The molecule has 0 aliphatic carbocycles. The molecule has 0 unspecified atom stereocenters. The number of aliphatic hydroxyl groups is 1. The predicted molar refractivity (Wildman–Crippen MR) is 77.6 cm³/mol. The van der Waals surface area contributed by atoms with Gasteiger partial charge in [0.15, 0.2) is 0 Å². The number of aliphatic hydroxyl groups excluding tert-OH is 1. The summed E-state index contributed by atoms with van der Waals surface area (Å²) in [4.78, 5) is 0. The summed E-state index contributed by atoms with van der Waals surface area (Å²) in [5.74, 6) is -0.300. The molecule has 0 spiro atoms. The third kappa shape index (κ3) is 2.61. The zero-order chi connectivity index (χ0) is 14.9. The van der Waals surface area contributed by atoms with E-state index in [-0.39, 0.29) is 5.82 Å². The predicted octanol–water partition coefficient (Wildman–Crippen LogP) is 3.50. The van der Waals surface area contributed by atoms with Crippen LogP contribution in [0.5, 0.6) is 0 Å². The lowest BCUT2D eigenvalue weighted by Crippen LogP contribution is -2.08. The highest BCUT2D eigenvalue weighted by Crippen LogP contribution is 2.26. The third-order valence-electron chi connectivity index (χ3n) is 3.54. The van der Waals surface area contributed by atoms with Gasteiger partial charge in [-0.25, -0.2) is 9.07 Å². The van der Waals surface area contributed by atoms with E-state index in [1.165, 1.54) is 6.07 Å². The number of hydrogen-bond acceptors (Lipinski definition) is 2. The molecule has 4 heteroatoms. The molecule has 20 heavy (non-hydrogen) atoms. The van der Waals surface area contributed by atoms with Gasteiger partial charge in [-0.2, -0.15) is 5.10 Å². The fraction of sp³-hybridized carbons (Fsp3) is 0.438. The SMILES string of the molecule is CCc1cc(CC)n(-c2cc(C)c(F)cc2[C@@H](C)O)n1. The summed E-state index contributed by atoms with van der Waals surface area (Å²) in [6.07, 6.45) is 0.950. The monoisotopic (exact) mass is 276 g/mol. The lowest BCUT2D eigenvalue weighted by atomic mass is 10.0. The number of nitrogens with zero attached hydrogens (tertiary/aromatic N) is 2. The Morgan fingerprint density at radius 1 is 1.25 bits per heavy atom. The van der Waals surface area contributed by atoms with Crippen molar-refractivity contribution in [1.82, 2.24) is 9.78 Å². The van der Waals surface area contributed by atoms with Crippen molar-refractivity contribution in [3.8, 4) is 5.69 Å². The molecule has 108 valence electrons. The van der Waals surface area contributed by atoms with Gasteiger partial charge in [-0.3, -0.25) is 0 Å². The van der Waals surface area contributed by atoms with Crippen LogP contribution in [0.4, 0.5) is 4.39 Å². The van der Waals surface area contributed by atoms with E-state index >= 15 is 0 Å². The summed E-state index contributed by atoms with van der Waals surface area (Å²) in [5, 5.41) is 14.5. The van der Waals surface area contributed by atoms with Crippen molar-refractivity contribution < 1.29 is 9.50 Å². The molecular formula is C16H21FN2O. The maximum absolute atomic E-state index is 13.7. The molecule has 0 saturated carbocycles. The van der Waals surface area contributed by atoms with Gasteiger partial charge in [-0.05, 0) is 50.5 Å². The Labute approximate surface area is 119 Å². The Morgan fingerprint density at radius 2 is 1.95 bits per heavy atom. The average Bonchev–Trinajstić information content (AvgIpc) is 2.84. The molecule has 3 nitrogen and oxygen atoms in total. The van der Waals surface area contributed by atoms with Crippen molar-refractivity contribution in [2.45, 2.75) is 46.6 Å². The highest BCUT2D eigenvalue weighted by Gasteiger charge is 2.16. The van der Waals surface area contributed by atoms with Crippen molar-refractivity contribution in [3.05, 3.63) is 46.5 Å². The summed E-state index contributed by atoms with van der Waals surface area (Å²) < 4.78 is 15.6. The summed E-state index contributed by atoms with van der Waals surface area (Å²) in [6.45, 7) is 7.48. The van der Waals surface area contributed by atoms with Gasteiger partial charge in [-0.15, -0.1) is 0 Å². The Kier molecular flexibility index (Phi) is 4.23. The van der Waals surface area contributed by atoms with Gasteiger partial charge >= 0.3 is 0 Å². The molecule has 1 N–H and O–H groups in total. The van der Waals surface area contributed by atoms with Crippen molar-refractivity contribution >= 4 is 0 Å². The summed E-state index contributed by atoms with van der Waals surface area (Å²) in [7, 11) is 0. The van der Waals surface area contributed by atoms with E-state index < -0.39 is 6.10 Å². The largest absolute Gasteiger partial charge is 0.389 e. The van der Waals surface area contributed by atoms with Crippen LogP contribution in [0.2, 0.25) is 0 Å². The second-order valence-electron chi connectivity index (χ2n) is 5.08. The standard InChI is InChI=1S/C16H21FN2O/c1-5-12-8-13(6-2)19(18-12)16-7-10(3)15(17)9-14(16)11(4)20/h7-9,11,20H,5-6H2,1-4H3/t11-/m1/s1. The maximum Gasteiger partial charge on any atom is 0.126 e. The molecule has 1 heterocycles. The minimum atomic E-state index is -0.737. The normalized spacial score (nSPS) is 12.7. The van der Waals surface area contributed by atoms with Crippen LogP contribution in [0, 0.1) is 12.7 Å². The van der Waals surface area contributed by atoms with Crippen LogP contribution >= 0.6 is 0 Å². The van der Waals surface area contributed by atoms with Crippen LogP contribution in [-0.4, -0.2) is 14.9 Å². The van der Waals surface area contributed by atoms with Gasteiger partial charge in [0.05, 0.1) is 17.5 Å². The minimum absolute atomic E-state index is 0.300. The molecular weight excluding hydrogens is 255 g/mol. The second kappa shape index (κ2) is 5.75. The quantitative estimate of drug-likeness (QED) is 0.928. The third-order valence-corrected chi connectivity index (χ3v) is 3.54. The number of benzene rings is 1. The minimum Gasteiger partial charge on any atom is -0.389 e. The van der Waals surface area contributed by atoms with E-state index in [0.717, 1.165) is 29.9 Å². The molecule has 0 bridgehead atoms. The molecule has 1 aromatic carbocycles. The van der Waals surface area contributed by atoms with E-state index in [0.29, 0.717) is 11.1 Å². The zero-order valence-electron chi connectivity index (χ0n) is 12.4. The first-order valence-corrected chi connectivity index (χ1v) is 7.04. The number of aromatic nitrogens is 2. The maximum atomic E-state index is 13.7. The van der Waals surface area contributed by atoms with Crippen LogP contribution in [0.15, 0.2) is 18.2 Å². The molecule has 0 saturated heterocycles. The van der Waals surface area contributed by atoms with Crippen molar-refractivity contribution in [2.75, 3.05) is 0 Å². The lowest BCUT2D eigenvalue weighted by Gasteiger charge is -2.15. The van der Waals surface area contributed by atoms with Gasteiger partial charge in [-0.1, -0.05) is 13.8 Å². The van der Waals surface area contributed by atoms with E-state index in [2.05, 4.69) is 25.0 Å². The topological polar surface area (TPSA) is 38.0 Å². The van der Waals surface area contributed by atoms with Crippen LogP contribution in [0.25, 0.3) is 5.69 Å². The van der Waals surface area contributed by atoms with Crippen LogP contribution < -0.4 is 0 Å². The Balaban J connectivity index is 2.67. The highest BCUT2D eigenvalue weighted by atomic mass is 19.1. The Morgan fingerprint density at radius 3 is 2.50 bits per heavy atom. The van der Waals surface area contributed by atoms with Crippen molar-refractivity contribution in [1.29, 1.82) is 0 Å². The fourth-order valence-corrected chi connectivity index (χ4v) is 2.31. The van der Waals surface area contributed by atoms with Gasteiger partial charge in [0.2, 0.25) is 0 Å². The fourth-order valence-electron chi connectivity index (χ4n) is 2.31. The number of rotatable bonds is 4. The zero-order valence-corrected chi connectivity index (χ0v) is 12.4. The summed E-state index contributed by atoms with van der Waals surface area (Å²) >= 11 is 0. The summed E-state index contributed by atoms with van der Waals surface area (Å²) in [5.41, 5.74) is 3.94. The first-order valence-electron chi connectivity index (χ1n) is 7.04. The first-order chi connectivity index (χ1) is 9.47. The van der Waals surface area contributed by atoms with E-state index in [9.17, 15) is 9.50 Å². The number of aryl methyl sites for hydroxylation is 3. The van der Waals surface area contributed by atoms with Crippen LogP contribution in [0.1, 0.15) is 49.4 Å². The number of hydrogen-bond donors (Lipinski definition) is 1. The van der Waals surface area contributed by atoms with E-state index in [1.807, 2.05) is 4.68 Å². The van der Waals surface area contributed by atoms with Gasteiger partial charge < -0.3 is 5.11 Å². The lowest BCUT2D eigenvalue weighted by molar-refractivity contribution is 0.198. The second-order valence-corrected chi connectivity index (χ2v) is 5.08. The molecule has 1 atom stereocenters. The van der Waals surface area contributed by atoms with Crippen molar-refractivity contribution in [3.63, 3.8) is 0 Å². The van der Waals surface area contributed by atoms with Gasteiger partial charge in [0, 0.05) is 11.3 Å². The van der Waals surface area contributed by atoms with Gasteiger partial charge in [0.1, 0.15) is 5.82 Å². The highest BCUT2D eigenvalue weighted by molar-refractivity contribution is 5.46. The molecule has 0 fully saturated rings. The van der Waals surface area contributed by atoms with E-state index in [4.69, 9.17) is 0 Å². The first kappa shape index (κ1) is 14.7. The molecule has 2 aromatic rings. The van der Waals surface area contributed by atoms with Crippen LogP contribution in [-0.2, 0) is 12.8 Å². The molecule has 0 amide bonds. The smallest absolute Gasteiger partial charge is 0.126 e. The van der Waals surface area contributed by atoms with Crippen molar-refractivity contribution in [2.24, 2.45) is 0 Å². The van der Waals surface area contributed by atoms with Crippen LogP contribution in [0.3, 0.4) is 0 Å². The number of halogens is 1. The summed E-state index contributed by atoms with van der Waals surface area (Å²) in [6, 6.07) is 5.22. The molecule has 0 radical (unpaired) electrons. The Hall–Kier alpha value is -1.68. The Bertz CT molecular complexity index is 617. The molecule has 2 rings (SSSR count). The van der Waals surface area contributed by atoms with E-state index in [1.54, 1.807) is 19.9 Å². The molecule has 1 aromatic heterocycles. The van der Waals surface area contributed by atoms with Gasteiger partial charge in [0.25, 0.3) is 0 Å².